The molecule has 1 fully saturated rings. The minimum Gasteiger partial charge on any atom is -0.497 e. The van der Waals surface area contributed by atoms with Crippen LogP contribution in [0.4, 0.5) is 0 Å². The predicted octanol–water partition coefficient (Wildman–Crippen LogP) is 4.04. The minimum atomic E-state index is -0.139. The summed E-state index contributed by atoms with van der Waals surface area (Å²) in [7, 11) is 1.57. The number of piperidine rings is 1. The normalized spacial score (nSPS) is 14.7. The van der Waals surface area contributed by atoms with Crippen molar-refractivity contribution in [2.24, 2.45) is 0 Å². The number of halogens is 2. The fourth-order valence-electron chi connectivity index (χ4n) is 3.09. The number of nitrogens with one attached hydrogen (secondary N) is 1. The Morgan fingerprint density at radius 1 is 1.11 bits per heavy atom. The molecule has 1 saturated heterocycles. The van der Waals surface area contributed by atoms with Crippen LogP contribution in [0.2, 0.25) is 10.0 Å². The van der Waals surface area contributed by atoms with E-state index in [-0.39, 0.29) is 17.9 Å². The van der Waals surface area contributed by atoms with Crippen LogP contribution in [0.3, 0.4) is 0 Å². The van der Waals surface area contributed by atoms with Crippen molar-refractivity contribution < 1.29 is 14.3 Å². The van der Waals surface area contributed by atoms with Gasteiger partial charge in [-0.3, -0.25) is 9.59 Å². The zero-order valence-electron chi connectivity index (χ0n) is 14.9. The Hall–Kier alpha value is -2.24. The van der Waals surface area contributed by atoms with Crippen LogP contribution in [0.15, 0.2) is 42.5 Å². The Balaban J connectivity index is 1.57. The van der Waals surface area contributed by atoms with E-state index in [4.69, 9.17) is 27.9 Å². The van der Waals surface area contributed by atoms with E-state index >= 15 is 0 Å². The number of benzene rings is 2. The molecule has 3 rings (SSSR count). The Labute approximate surface area is 168 Å². The molecule has 7 heteroatoms. The van der Waals surface area contributed by atoms with Crippen LogP contribution >= 0.6 is 23.2 Å². The van der Waals surface area contributed by atoms with Crippen LogP contribution in [-0.4, -0.2) is 43.0 Å². The topological polar surface area (TPSA) is 58.6 Å². The summed E-state index contributed by atoms with van der Waals surface area (Å²) in [5.41, 5.74) is 1.00. The SMILES string of the molecule is COc1cccc(C(=O)NC2CCN(C(=O)c3ccc(Cl)cc3Cl)CC2)c1. The molecule has 0 unspecified atom stereocenters. The van der Waals surface area contributed by atoms with Gasteiger partial charge in [-0.15, -0.1) is 0 Å². The molecule has 2 aromatic rings. The van der Waals surface area contributed by atoms with Gasteiger partial charge in [-0.1, -0.05) is 29.3 Å². The molecule has 1 aliphatic rings. The Bertz CT molecular complexity index is 849. The summed E-state index contributed by atoms with van der Waals surface area (Å²) in [6.45, 7) is 1.11. The van der Waals surface area contributed by atoms with Crippen LogP contribution in [0.25, 0.3) is 0 Å². The van der Waals surface area contributed by atoms with Crippen LogP contribution in [0.5, 0.6) is 5.75 Å². The van der Waals surface area contributed by atoms with E-state index in [0.717, 1.165) is 0 Å². The summed E-state index contributed by atoms with van der Waals surface area (Å²) in [4.78, 5) is 26.8. The molecule has 2 aromatic carbocycles. The number of nitrogens with zero attached hydrogens (tertiary/aromatic N) is 1. The maximum absolute atomic E-state index is 12.6. The van der Waals surface area contributed by atoms with Gasteiger partial charge < -0.3 is 15.0 Å². The summed E-state index contributed by atoms with van der Waals surface area (Å²) < 4.78 is 5.15. The number of carbonyl (C=O) groups is 2. The first-order chi connectivity index (χ1) is 13.0. The molecule has 1 heterocycles. The second kappa shape index (κ2) is 8.63. The summed E-state index contributed by atoms with van der Waals surface area (Å²) >= 11 is 12.0. The number of ether oxygens (including phenoxy) is 1. The molecule has 27 heavy (non-hydrogen) atoms. The van der Waals surface area contributed by atoms with Gasteiger partial charge in [0.1, 0.15) is 5.75 Å². The highest BCUT2D eigenvalue weighted by atomic mass is 35.5. The lowest BCUT2D eigenvalue weighted by Crippen LogP contribution is -2.46. The Morgan fingerprint density at radius 2 is 1.85 bits per heavy atom. The molecule has 0 saturated carbocycles. The van der Waals surface area contributed by atoms with Gasteiger partial charge in [-0.25, -0.2) is 0 Å². The third-order valence-corrected chi connectivity index (χ3v) is 5.16. The fraction of sp³-hybridized carbons (Fsp3) is 0.300. The number of hydrogen-bond acceptors (Lipinski definition) is 3. The van der Waals surface area contributed by atoms with Gasteiger partial charge in [0.25, 0.3) is 11.8 Å². The van der Waals surface area contributed by atoms with Gasteiger partial charge in [-0.2, -0.15) is 0 Å². The number of methoxy groups -OCH3 is 1. The van der Waals surface area contributed by atoms with Crippen LogP contribution < -0.4 is 10.1 Å². The van der Waals surface area contributed by atoms with Crippen molar-refractivity contribution in [3.8, 4) is 5.75 Å². The second-order valence-electron chi connectivity index (χ2n) is 6.40. The van der Waals surface area contributed by atoms with E-state index in [1.54, 1.807) is 54.5 Å². The fourth-order valence-corrected chi connectivity index (χ4v) is 3.58. The van der Waals surface area contributed by atoms with Crippen molar-refractivity contribution in [1.29, 1.82) is 0 Å². The lowest BCUT2D eigenvalue weighted by molar-refractivity contribution is 0.0698. The van der Waals surface area contributed by atoms with E-state index in [1.165, 1.54) is 0 Å². The Kier molecular flexibility index (Phi) is 6.24. The van der Waals surface area contributed by atoms with Crippen molar-refractivity contribution in [2.75, 3.05) is 20.2 Å². The molecule has 1 N–H and O–H groups in total. The zero-order chi connectivity index (χ0) is 19.4. The molecule has 142 valence electrons. The van der Waals surface area contributed by atoms with Crippen LogP contribution in [-0.2, 0) is 0 Å². The van der Waals surface area contributed by atoms with Crippen molar-refractivity contribution in [3.05, 3.63) is 63.6 Å². The molecule has 0 aromatic heterocycles. The second-order valence-corrected chi connectivity index (χ2v) is 7.24. The van der Waals surface area contributed by atoms with E-state index in [1.807, 2.05) is 0 Å². The van der Waals surface area contributed by atoms with E-state index in [0.29, 0.717) is 52.9 Å². The average molecular weight is 407 g/mol. The first kappa shape index (κ1) is 19.5. The van der Waals surface area contributed by atoms with Crippen molar-refractivity contribution in [1.82, 2.24) is 10.2 Å². The smallest absolute Gasteiger partial charge is 0.255 e. The van der Waals surface area contributed by atoms with Gasteiger partial charge in [0.05, 0.1) is 17.7 Å². The van der Waals surface area contributed by atoms with E-state index in [2.05, 4.69) is 5.32 Å². The monoisotopic (exact) mass is 406 g/mol. The quantitative estimate of drug-likeness (QED) is 0.833. The third-order valence-electron chi connectivity index (χ3n) is 4.61. The highest BCUT2D eigenvalue weighted by Gasteiger charge is 2.26. The molecular weight excluding hydrogens is 387 g/mol. The summed E-state index contributed by atoms with van der Waals surface area (Å²) in [6, 6.07) is 11.9. The minimum absolute atomic E-state index is 0.0217. The largest absolute Gasteiger partial charge is 0.497 e. The van der Waals surface area contributed by atoms with E-state index < -0.39 is 0 Å². The van der Waals surface area contributed by atoms with Crippen LogP contribution in [0, 0.1) is 0 Å². The average Bonchev–Trinajstić information content (AvgIpc) is 2.68. The van der Waals surface area contributed by atoms with Crippen LogP contribution in [0.1, 0.15) is 33.6 Å². The summed E-state index contributed by atoms with van der Waals surface area (Å²) in [5.74, 6) is 0.386. The lowest BCUT2D eigenvalue weighted by Gasteiger charge is -2.32. The van der Waals surface area contributed by atoms with E-state index in [9.17, 15) is 9.59 Å². The molecule has 0 spiro atoms. The number of likely N-dealkylation sites (tertiary alicyclic amines) is 1. The summed E-state index contributed by atoms with van der Waals surface area (Å²) in [6.07, 6.45) is 1.37. The highest BCUT2D eigenvalue weighted by molar-refractivity contribution is 6.36. The van der Waals surface area contributed by atoms with Crippen molar-refractivity contribution >= 4 is 35.0 Å². The predicted molar refractivity (Wildman–Crippen MR) is 106 cm³/mol. The zero-order valence-corrected chi connectivity index (χ0v) is 16.4. The molecule has 0 atom stereocenters. The molecule has 1 aliphatic heterocycles. The number of carbonyl (C=O) groups excluding carboxylic acids is 2. The molecule has 0 aliphatic carbocycles. The molecule has 2 amide bonds. The highest BCUT2D eigenvalue weighted by Crippen LogP contribution is 2.24. The molecule has 0 bridgehead atoms. The standard InChI is InChI=1S/C20H20Cl2N2O3/c1-27-16-4-2-3-13(11-16)19(25)23-15-7-9-24(10-8-15)20(26)17-6-5-14(21)12-18(17)22/h2-6,11-12,15H,7-10H2,1H3,(H,23,25). The third kappa shape index (κ3) is 4.73. The molecule has 0 radical (unpaired) electrons. The Morgan fingerprint density at radius 3 is 2.52 bits per heavy atom. The van der Waals surface area contributed by atoms with Gasteiger partial charge >= 0.3 is 0 Å². The molecule has 5 nitrogen and oxygen atoms in total. The van der Waals surface area contributed by atoms with Crippen molar-refractivity contribution in [3.63, 3.8) is 0 Å². The number of amides is 2. The van der Waals surface area contributed by atoms with Gasteiger partial charge in [0.2, 0.25) is 0 Å². The first-order valence-electron chi connectivity index (χ1n) is 8.67. The number of hydrogen-bond donors (Lipinski definition) is 1. The van der Waals surface area contributed by atoms with Crippen molar-refractivity contribution in [2.45, 2.75) is 18.9 Å². The van der Waals surface area contributed by atoms with Gasteiger partial charge in [0, 0.05) is 29.7 Å². The van der Waals surface area contributed by atoms with Gasteiger partial charge in [0.15, 0.2) is 0 Å². The van der Waals surface area contributed by atoms with Gasteiger partial charge in [-0.05, 0) is 49.2 Å². The number of rotatable bonds is 4. The maximum atomic E-state index is 12.6. The first-order valence-corrected chi connectivity index (χ1v) is 9.43. The molecular formula is C20H20Cl2N2O3. The maximum Gasteiger partial charge on any atom is 0.255 e. The lowest BCUT2D eigenvalue weighted by atomic mass is 10.0. The summed E-state index contributed by atoms with van der Waals surface area (Å²) in [5, 5.41) is 3.87.